The van der Waals surface area contributed by atoms with Crippen LogP contribution in [-0.4, -0.2) is 121 Å². The van der Waals surface area contributed by atoms with Gasteiger partial charge in [0.2, 0.25) is 17.7 Å². The molecule has 0 spiro atoms. The number of amides is 3. The van der Waals surface area contributed by atoms with Crippen molar-refractivity contribution in [2.45, 2.75) is 55.9 Å². The molecule has 0 radical (unpaired) electrons. The minimum Gasteiger partial charge on any atom is -0.458 e. The molecule has 250 valence electrons. The summed E-state index contributed by atoms with van der Waals surface area (Å²) in [6, 6.07) is 14.7. The summed E-state index contributed by atoms with van der Waals surface area (Å²) in [5.41, 5.74) is 0.953. The Hall–Kier alpha value is -4.14. The van der Waals surface area contributed by atoms with Gasteiger partial charge in [-0.1, -0.05) is 54.6 Å². The maximum atomic E-state index is 14.9. The summed E-state index contributed by atoms with van der Waals surface area (Å²) >= 11 is 0. The Kier molecular flexibility index (Phi) is 9.44. The topological polar surface area (TPSA) is 147 Å². The molecule has 3 aliphatic heterocycles. The molecule has 0 aromatic heterocycles. The van der Waals surface area contributed by atoms with Gasteiger partial charge in [-0.3, -0.25) is 24.0 Å². The van der Waals surface area contributed by atoms with Gasteiger partial charge in [-0.15, -0.1) is 0 Å². The van der Waals surface area contributed by atoms with Crippen LogP contribution < -0.4 is 5.32 Å². The zero-order chi connectivity index (χ0) is 33.3. The van der Waals surface area contributed by atoms with Crippen LogP contribution in [0.1, 0.15) is 23.1 Å². The largest absolute Gasteiger partial charge is 0.458 e. The zero-order valence-corrected chi connectivity index (χ0v) is 26.6. The minimum absolute atomic E-state index is 0.0281. The number of benzene rings is 2. The quantitative estimate of drug-likeness (QED) is 0.261. The minimum atomic E-state index is -1.44. The molecule has 4 fully saturated rings. The summed E-state index contributed by atoms with van der Waals surface area (Å²) in [5.74, 6) is -1.64. The summed E-state index contributed by atoms with van der Waals surface area (Å²) in [7, 11) is 4.90. The molecule has 6 rings (SSSR count). The van der Waals surface area contributed by atoms with E-state index in [1.807, 2.05) is 54.6 Å². The molecule has 7 atom stereocenters. The summed E-state index contributed by atoms with van der Waals surface area (Å²) in [4.78, 5) is 63.8. The van der Waals surface area contributed by atoms with Crippen LogP contribution in [0.3, 0.4) is 0 Å². The summed E-state index contributed by atoms with van der Waals surface area (Å²) in [6.07, 6.45) is 0.609. The highest BCUT2D eigenvalue weighted by Crippen LogP contribution is 2.56. The molecule has 1 saturated carbocycles. The Labute approximate surface area is 272 Å². The van der Waals surface area contributed by atoms with Crippen LogP contribution in [0.4, 0.5) is 0 Å². The van der Waals surface area contributed by atoms with E-state index in [1.54, 1.807) is 27.2 Å². The van der Waals surface area contributed by atoms with Crippen LogP contribution in [-0.2, 0) is 51.2 Å². The van der Waals surface area contributed by atoms with Crippen molar-refractivity contribution in [1.29, 1.82) is 0 Å². The number of fused-ring (bicyclic) bond motifs is 4. The van der Waals surface area contributed by atoms with E-state index >= 15 is 0 Å². The normalized spacial score (nSPS) is 28.4. The Balaban J connectivity index is 1.34. The Morgan fingerprint density at radius 3 is 2.55 bits per heavy atom. The van der Waals surface area contributed by atoms with Gasteiger partial charge >= 0.3 is 5.97 Å². The van der Waals surface area contributed by atoms with E-state index in [9.17, 15) is 24.3 Å². The van der Waals surface area contributed by atoms with Gasteiger partial charge in [0, 0.05) is 46.6 Å². The molecule has 1 aliphatic carbocycles. The number of nitrogens with zero attached hydrogens (tertiary/aromatic N) is 3. The van der Waals surface area contributed by atoms with Crippen molar-refractivity contribution in [3.8, 4) is 0 Å². The number of carbonyl (C=O) groups is 4. The zero-order valence-electron chi connectivity index (χ0n) is 26.6. The highest BCUT2D eigenvalue weighted by molar-refractivity contribution is 5.96. The SMILES string of the molecule is CN(C)C(=O)C=Cc1cccc(CN2O[C@@H]3[C@H]4OCO[C@H]4[C@@H]4C[C@]3(C(=O)N(C)[C@H](Cc3ccccc3)C(=O)NCCO)[C@@H]2C(=O)O4)c1. The lowest BCUT2D eigenvalue weighted by Crippen LogP contribution is -2.70. The van der Waals surface area contributed by atoms with E-state index in [4.69, 9.17) is 19.0 Å². The molecule has 3 heterocycles. The molecule has 2 aromatic carbocycles. The second kappa shape index (κ2) is 13.5. The number of rotatable bonds is 11. The van der Waals surface area contributed by atoms with Crippen molar-refractivity contribution in [3.63, 3.8) is 0 Å². The first kappa shape index (κ1) is 32.8. The molecule has 2 aromatic rings. The number of hydrogen-bond acceptors (Lipinski definition) is 10. The summed E-state index contributed by atoms with van der Waals surface area (Å²) in [5, 5.41) is 13.6. The molecule has 13 heteroatoms. The fraction of sp³-hybridized carbons (Fsp3) is 0.471. The van der Waals surface area contributed by atoms with Gasteiger partial charge in [0.25, 0.3) is 0 Å². The average molecular weight is 649 g/mol. The van der Waals surface area contributed by atoms with Crippen molar-refractivity contribution < 1.29 is 43.3 Å². The van der Waals surface area contributed by atoms with E-state index in [0.29, 0.717) is 0 Å². The molecule has 2 N–H and O–H groups in total. The number of ether oxygens (including phenoxy) is 3. The average Bonchev–Trinajstić information content (AvgIpc) is 3.70. The highest BCUT2D eigenvalue weighted by Gasteiger charge is 2.75. The Morgan fingerprint density at radius 1 is 1.06 bits per heavy atom. The predicted octanol–water partition coefficient (Wildman–Crippen LogP) is 0.508. The third-order valence-corrected chi connectivity index (χ3v) is 9.39. The van der Waals surface area contributed by atoms with Gasteiger partial charge in [-0.2, -0.15) is 5.06 Å². The fourth-order valence-electron chi connectivity index (χ4n) is 7.11. The number of hydroxylamine groups is 2. The lowest BCUT2D eigenvalue weighted by molar-refractivity contribution is -0.204. The Bertz CT molecular complexity index is 1530. The maximum Gasteiger partial charge on any atom is 0.327 e. The number of nitrogens with one attached hydrogen (secondary N) is 1. The van der Waals surface area contributed by atoms with Crippen molar-refractivity contribution in [1.82, 2.24) is 20.2 Å². The second-order valence-corrected chi connectivity index (χ2v) is 12.6. The van der Waals surface area contributed by atoms with E-state index in [-0.39, 0.29) is 45.2 Å². The number of likely N-dealkylation sites (N-methyl/N-ethyl adjacent to an activating group) is 2. The second-order valence-electron chi connectivity index (χ2n) is 12.6. The highest BCUT2D eigenvalue weighted by atomic mass is 16.8. The standard InChI is InChI=1S/C34H40N4O9/c1-36(2)26(40)13-12-22-10-7-11-23(16-22)19-38-29-32(42)46-25-18-34(29,30(47-38)28-27(25)44-20-45-28)33(43)37(3)24(31(41)35-14-15-39)17-21-8-5-4-6-9-21/h4-13,16,24-25,27-30,39H,14-15,17-20H2,1-3H3,(H,35,41)/t24-,25+,27+,28+,29+,30-,34+/m1/s1. The van der Waals surface area contributed by atoms with Crippen molar-refractivity contribution in [2.24, 2.45) is 5.41 Å². The third kappa shape index (κ3) is 6.17. The van der Waals surface area contributed by atoms with E-state index in [0.717, 1.165) is 16.7 Å². The van der Waals surface area contributed by atoms with E-state index < -0.39 is 59.7 Å². The van der Waals surface area contributed by atoms with Gasteiger partial charge in [0.1, 0.15) is 42.7 Å². The molecular weight excluding hydrogens is 608 g/mol. The van der Waals surface area contributed by atoms with Crippen LogP contribution in [0.15, 0.2) is 60.7 Å². The lowest BCUT2D eigenvalue weighted by Gasteiger charge is -2.50. The lowest BCUT2D eigenvalue weighted by atomic mass is 9.62. The Morgan fingerprint density at radius 2 is 1.81 bits per heavy atom. The van der Waals surface area contributed by atoms with Crippen LogP contribution in [0.2, 0.25) is 0 Å². The number of carbonyl (C=O) groups excluding carboxylic acids is 4. The smallest absolute Gasteiger partial charge is 0.327 e. The van der Waals surface area contributed by atoms with Gasteiger partial charge < -0.3 is 34.4 Å². The van der Waals surface area contributed by atoms with E-state index in [2.05, 4.69) is 5.32 Å². The first-order chi connectivity index (χ1) is 22.6. The molecule has 13 nitrogen and oxygen atoms in total. The molecule has 3 amide bonds. The van der Waals surface area contributed by atoms with Crippen molar-refractivity contribution in [2.75, 3.05) is 41.1 Å². The molecule has 0 unspecified atom stereocenters. The van der Waals surface area contributed by atoms with Crippen LogP contribution in [0, 0.1) is 5.41 Å². The third-order valence-electron chi connectivity index (χ3n) is 9.39. The summed E-state index contributed by atoms with van der Waals surface area (Å²) < 4.78 is 17.7. The van der Waals surface area contributed by atoms with Crippen LogP contribution in [0.25, 0.3) is 6.08 Å². The number of hydrogen-bond donors (Lipinski definition) is 2. The van der Waals surface area contributed by atoms with Gasteiger partial charge in [-0.05, 0) is 22.8 Å². The van der Waals surface area contributed by atoms with E-state index in [1.165, 1.54) is 20.9 Å². The number of aliphatic hydroxyl groups excluding tert-OH is 1. The van der Waals surface area contributed by atoms with Crippen LogP contribution in [0.5, 0.6) is 0 Å². The molecule has 4 aliphatic rings. The van der Waals surface area contributed by atoms with Gasteiger partial charge in [0.05, 0.1) is 13.2 Å². The van der Waals surface area contributed by atoms with Gasteiger partial charge in [-0.25, -0.2) is 0 Å². The number of esters is 1. The van der Waals surface area contributed by atoms with Crippen molar-refractivity contribution in [3.05, 3.63) is 77.4 Å². The monoisotopic (exact) mass is 648 g/mol. The molecule has 47 heavy (non-hydrogen) atoms. The van der Waals surface area contributed by atoms with Crippen LogP contribution >= 0.6 is 0 Å². The fourth-order valence-corrected chi connectivity index (χ4v) is 7.11. The predicted molar refractivity (Wildman–Crippen MR) is 167 cm³/mol. The number of aliphatic hydroxyl groups is 1. The maximum absolute atomic E-state index is 14.9. The summed E-state index contributed by atoms with van der Waals surface area (Å²) in [6.45, 7) is -0.129. The molecule has 2 bridgehead atoms. The first-order valence-corrected chi connectivity index (χ1v) is 15.7. The molecule has 3 saturated heterocycles. The first-order valence-electron chi connectivity index (χ1n) is 15.7. The molecular formula is C34H40N4O9. The van der Waals surface area contributed by atoms with Crippen molar-refractivity contribution >= 4 is 29.8 Å². The van der Waals surface area contributed by atoms with Gasteiger partial charge in [0.15, 0.2) is 6.04 Å².